The molecule has 0 spiro atoms. The standard InChI is InChI=1S/C14H13N3O3S/c1-3-20-8-4-5-11(18)9(6-8)12-10(7-15)13(19)17-14(16-12)21-2/h4-6,18H,3H2,1-2H3,(H,16,17,19). The topological polar surface area (TPSA) is 99.0 Å². The summed E-state index contributed by atoms with van der Waals surface area (Å²) in [6.45, 7) is 2.30. The summed E-state index contributed by atoms with van der Waals surface area (Å²) >= 11 is 1.24. The van der Waals surface area contributed by atoms with Gasteiger partial charge in [0.1, 0.15) is 28.8 Å². The van der Waals surface area contributed by atoms with Gasteiger partial charge in [-0.1, -0.05) is 11.8 Å². The Morgan fingerprint density at radius 3 is 2.90 bits per heavy atom. The molecule has 2 rings (SSSR count). The van der Waals surface area contributed by atoms with Crippen LogP contribution in [0, 0.1) is 11.3 Å². The van der Waals surface area contributed by atoms with Crippen LogP contribution in [0.4, 0.5) is 0 Å². The molecule has 1 aromatic carbocycles. The van der Waals surface area contributed by atoms with Crippen LogP contribution in [0.2, 0.25) is 0 Å². The Bertz CT molecular complexity index is 765. The van der Waals surface area contributed by atoms with Gasteiger partial charge in [-0.05, 0) is 31.4 Å². The molecule has 0 aliphatic rings. The number of nitriles is 1. The minimum absolute atomic E-state index is 0.0693. The third-order valence-electron chi connectivity index (χ3n) is 2.74. The van der Waals surface area contributed by atoms with E-state index in [1.807, 2.05) is 13.0 Å². The number of aromatic hydroxyl groups is 1. The largest absolute Gasteiger partial charge is 0.507 e. The molecule has 0 bridgehead atoms. The molecular weight excluding hydrogens is 290 g/mol. The normalized spacial score (nSPS) is 10.1. The van der Waals surface area contributed by atoms with Gasteiger partial charge >= 0.3 is 0 Å². The van der Waals surface area contributed by atoms with Crippen molar-refractivity contribution in [2.45, 2.75) is 12.1 Å². The Kier molecular flexibility index (Phi) is 4.50. The Morgan fingerprint density at radius 2 is 2.29 bits per heavy atom. The second-order valence-corrected chi connectivity index (χ2v) is 4.82. The lowest BCUT2D eigenvalue weighted by Gasteiger charge is -2.09. The molecule has 0 aliphatic carbocycles. The third kappa shape index (κ3) is 3.01. The zero-order valence-electron chi connectivity index (χ0n) is 11.5. The number of nitrogens with one attached hydrogen (secondary N) is 1. The van der Waals surface area contributed by atoms with E-state index in [0.717, 1.165) is 0 Å². The minimum atomic E-state index is -0.534. The number of nitrogens with zero attached hydrogens (tertiary/aromatic N) is 2. The van der Waals surface area contributed by atoms with Crippen LogP contribution in [0.15, 0.2) is 28.2 Å². The molecule has 0 radical (unpaired) electrons. The Hall–Kier alpha value is -2.46. The number of aromatic amines is 1. The maximum absolute atomic E-state index is 11.9. The summed E-state index contributed by atoms with van der Waals surface area (Å²) in [5.41, 5.74) is -0.242. The van der Waals surface area contributed by atoms with E-state index in [4.69, 9.17) is 10.00 Å². The zero-order valence-corrected chi connectivity index (χ0v) is 12.3. The van der Waals surface area contributed by atoms with Crippen molar-refractivity contribution in [3.8, 4) is 28.8 Å². The molecule has 6 nitrogen and oxygen atoms in total. The number of rotatable bonds is 4. The van der Waals surface area contributed by atoms with Crippen LogP contribution in [0.5, 0.6) is 11.5 Å². The van der Waals surface area contributed by atoms with Crippen LogP contribution >= 0.6 is 11.8 Å². The highest BCUT2D eigenvalue weighted by atomic mass is 32.2. The van der Waals surface area contributed by atoms with Crippen LogP contribution in [0.25, 0.3) is 11.3 Å². The number of thioether (sulfide) groups is 1. The monoisotopic (exact) mass is 303 g/mol. The highest BCUT2D eigenvalue weighted by Gasteiger charge is 2.17. The second-order valence-electron chi connectivity index (χ2n) is 4.02. The van der Waals surface area contributed by atoms with E-state index >= 15 is 0 Å². The van der Waals surface area contributed by atoms with E-state index in [-0.39, 0.29) is 17.0 Å². The molecule has 1 heterocycles. The smallest absolute Gasteiger partial charge is 0.270 e. The molecule has 21 heavy (non-hydrogen) atoms. The van der Waals surface area contributed by atoms with E-state index in [2.05, 4.69) is 9.97 Å². The highest BCUT2D eigenvalue weighted by Crippen LogP contribution is 2.33. The van der Waals surface area contributed by atoms with Gasteiger partial charge in [0.25, 0.3) is 5.56 Å². The summed E-state index contributed by atoms with van der Waals surface area (Å²) < 4.78 is 5.37. The summed E-state index contributed by atoms with van der Waals surface area (Å²) in [6, 6.07) is 6.44. The SMILES string of the molecule is CCOc1ccc(O)c(-c2nc(SC)[nH]c(=O)c2C#N)c1. The number of hydrogen-bond donors (Lipinski definition) is 2. The summed E-state index contributed by atoms with van der Waals surface area (Å²) in [5, 5.41) is 19.5. The second kappa shape index (κ2) is 6.33. The average Bonchev–Trinajstić information content (AvgIpc) is 2.48. The number of phenolic OH excluding ortho intramolecular Hbond substituents is 1. The Morgan fingerprint density at radius 1 is 1.52 bits per heavy atom. The molecular formula is C14H13N3O3S. The predicted octanol–water partition coefficient (Wildman–Crippen LogP) is 2.13. The molecule has 0 amide bonds. The molecule has 0 unspecified atom stereocenters. The van der Waals surface area contributed by atoms with Crippen molar-refractivity contribution in [1.82, 2.24) is 9.97 Å². The van der Waals surface area contributed by atoms with Gasteiger partial charge in [-0.2, -0.15) is 5.26 Å². The number of aromatic nitrogens is 2. The van der Waals surface area contributed by atoms with Gasteiger partial charge in [0, 0.05) is 5.56 Å². The van der Waals surface area contributed by atoms with Gasteiger partial charge in [0.15, 0.2) is 5.16 Å². The predicted molar refractivity (Wildman–Crippen MR) is 79.6 cm³/mol. The maximum Gasteiger partial charge on any atom is 0.270 e. The molecule has 108 valence electrons. The van der Waals surface area contributed by atoms with E-state index < -0.39 is 5.56 Å². The van der Waals surface area contributed by atoms with Crippen molar-refractivity contribution in [1.29, 1.82) is 5.26 Å². The van der Waals surface area contributed by atoms with Crippen molar-refractivity contribution in [3.05, 3.63) is 34.1 Å². The van der Waals surface area contributed by atoms with Crippen molar-refractivity contribution in [3.63, 3.8) is 0 Å². The van der Waals surface area contributed by atoms with Gasteiger partial charge in [0.2, 0.25) is 0 Å². The van der Waals surface area contributed by atoms with Crippen molar-refractivity contribution < 1.29 is 9.84 Å². The molecule has 0 aliphatic heterocycles. The number of phenols is 1. The van der Waals surface area contributed by atoms with Crippen LogP contribution in [0.3, 0.4) is 0 Å². The molecule has 0 fully saturated rings. The quantitative estimate of drug-likeness (QED) is 0.663. The molecule has 1 aromatic heterocycles. The fraction of sp³-hybridized carbons (Fsp3) is 0.214. The summed E-state index contributed by atoms with van der Waals surface area (Å²) in [6.07, 6.45) is 1.75. The van der Waals surface area contributed by atoms with Gasteiger partial charge < -0.3 is 14.8 Å². The zero-order chi connectivity index (χ0) is 15.4. The Balaban J connectivity index is 2.71. The fourth-order valence-corrected chi connectivity index (χ4v) is 2.19. The first-order valence-electron chi connectivity index (χ1n) is 6.15. The highest BCUT2D eigenvalue weighted by molar-refractivity contribution is 7.98. The van der Waals surface area contributed by atoms with Crippen molar-refractivity contribution >= 4 is 11.8 Å². The lowest BCUT2D eigenvalue weighted by molar-refractivity contribution is 0.339. The van der Waals surface area contributed by atoms with Crippen molar-refractivity contribution in [2.24, 2.45) is 0 Å². The maximum atomic E-state index is 11.9. The van der Waals surface area contributed by atoms with E-state index in [0.29, 0.717) is 23.1 Å². The minimum Gasteiger partial charge on any atom is -0.507 e. The van der Waals surface area contributed by atoms with Gasteiger partial charge in [-0.15, -0.1) is 0 Å². The van der Waals surface area contributed by atoms with Crippen LogP contribution in [0.1, 0.15) is 12.5 Å². The van der Waals surface area contributed by atoms with E-state index in [1.54, 1.807) is 18.4 Å². The molecule has 2 aromatic rings. The number of hydrogen-bond acceptors (Lipinski definition) is 6. The van der Waals surface area contributed by atoms with Gasteiger partial charge in [0.05, 0.1) is 6.61 Å². The lowest BCUT2D eigenvalue weighted by atomic mass is 10.1. The summed E-state index contributed by atoms with van der Waals surface area (Å²) in [7, 11) is 0. The third-order valence-corrected chi connectivity index (χ3v) is 3.32. The van der Waals surface area contributed by atoms with Gasteiger partial charge in [-0.25, -0.2) is 4.98 Å². The van der Waals surface area contributed by atoms with E-state index in [9.17, 15) is 9.90 Å². The van der Waals surface area contributed by atoms with Crippen LogP contribution < -0.4 is 10.3 Å². The Labute approximate surface area is 125 Å². The first-order valence-corrected chi connectivity index (χ1v) is 7.37. The molecule has 7 heteroatoms. The molecule has 0 saturated heterocycles. The summed E-state index contributed by atoms with van der Waals surface area (Å²) in [5.74, 6) is 0.460. The van der Waals surface area contributed by atoms with Crippen LogP contribution in [-0.4, -0.2) is 27.9 Å². The van der Waals surface area contributed by atoms with Crippen LogP contribution in [-0.2, 0) is 0 Å². The van der Waals surface area contributed by atoms with Gasteiger partial charge in [-0.3, -0.25) is 4.79 Å². The summed E-state index contributed by atoms with van der Waals surface area (Å²) in [4.78, 5) is 18.6. The van der Waals surface area contributed by atoms with Crippen molar-refractivity contribution in [2.75, 3.05) is 12.9 Å². The number of ether oxygens (including phenoxy) is 1. The molecule has 0 saturated carbocycles. The molecule has 0 atom stereocenters. The lowest BCUT2D eigenvalue weighted by Crippen LogP contribution is -2.14. The average molecular weight is 303 g/mol. The number of benzene rings is 1. The number of H-pyrrole nitrogens is 1. The fourth-order valence-electron chi connectivity index (χ4n) is 1.81. The molecule has 2 N–H and O–H groups in total. The van der Waals surface area contributed by atoms with E-state index in [1.165, 1.54) is 17.8 Å². The first-order chi connectivity index (χ1) is 10.1. The first kappa shape index (κ1) is 14.9.